The Kier molecular flexibility index (Phi) is 5.85. The number of hydrogen-bond donors (Lipinski definition) is 1. The fraction of sp³-hybridized carbons (Fsp3) is 0.294. The van der Waals surface area contributed by atoms with E-state index in [-0.39, 0.29) is 30.2 Å². The van der Waals surface area contributed by atoms with E-state index >= 15 is 0 Å². The van der Waals surface area contributed by atoms with Gasteiger partial charge in [0.25, 0.3) is 0 Å². The number of carbonyl (C=O) groups excluding carboxylic acids is 1. The number of ether oxygens (including phenoxy) is 3. The number of nitrogens with two attached hydrogens (primary N) is 1. The summed E-state index contributed by atoms with van der Waals surface area (Å²) in [5.41, 5.74) is 6.91. The molecule has 1 aromatic carbocycles. The van der Waals surface area contributed by atoms with Crippen LogP contribution in [0.2, 0.25) is 5.02 Å². The first-order valence-corrected chi connectivity index (χ1v) is 7.57. The number of nitrogens with zero attached hydrogens (tertiary/aromatic N) is 1. The molecule has 1 heterocycles. The van der Waals surface area contributed by atoms with E-state index in [0.29, 0.717) is 16.3 Å². The zero-order valence-corrected chi connectivity index (χ0v) is 14.1. The van der Waals surface area contributed by atoms with E-state index in [0.717, 1.165) is 0 Å². The third-order valence-electron chi connectivity index (χ3n) is 3.55. The van der Waals surface area contributed by atoms with Crippen molar-refractivity contribution in [3.8, 4) is 6.07 Å². The molecule has 1 aliphatic rings. The second-order valence-electron chi connectivity index (χ2n) is 5.07. The van der Waals surface area contributed by atoms with Crippen LogP contribution in [-0.2, 0) is 19.0 Å². The van der Waals surface area contributed by atoms with E-state index in [1.165, 1.54) is 7.11 Å². The summed E-state index contributed by atoms with van der Waals surface area (Å²) < 4.78 is 15.4. The summed E-state index contributed by atoms with van der Waals surface area (Å²) in [5.74, 6) is -0.974. The molecule has 0 saturated carbocycles. The molecule has 24 heavy (non-hydrogen) atoms. The number of allylic oxidation sites excluding steroid dienone is 2. The second kappa shape index (κ2) is 7.86. The van der Waals surface area contributed by atoms with Crippen LogP contribution < -0.4 is 5.73 Å². The highest BCUT2D eigenvalue weighted by molar-refractivity contribution is 6.30. The Morgan fingerprint density at radius 3 is 2.62 bits per heavy atom. The molecular formula is C17H17ClN2O4. The molecule has 0 fully saturated rings. The van der Waals surface area contributed by atoms with Crippen LogP contribution in [0.1, 0.15) is 18.4 Å². The highest BCUT2D eigenvalue weighted by atomic mass is 35.5. The average molecular weight is 349 g/mol. The molecule has 0 aromatic heterocycles. The smallest absolute Gasteiger partial charge is 0.338 e. The number of halogens is 1. The zero-order valence-electron chi connectivity index (χ0n) is 13.3. The molecule has 2 rings (SSSR count). The highest BCUT2D eigenvalue weighted by Gasteiger charge is 2.36. The number of benzene rings is 1. The van der Waals surface area contributed by atoms with Gasteiger partial charge in [0.15, 0.2) is 0 Å². The first-order valence-electron chi connectivity index (χ1n) is 7.19. The Labute approximate surface area is 145 Å². The van der Waals surface area contributed by atoms with Crippen molar-refractivity contribution in [1.29, 1.82) is 5.26 Å². The molecule has 0 bridgehead atoms. The van der Waals surface area contributed by atoms with E-state index in [4.69, 9.17) is 31.5 Å². The molecule has 2 N–H and O–H groups in total. The van der Waals surface area contributed by atoms with Crippen molar-refractivity contribution in [1.82, 2.24) is 0 Å². The summed E-state index contributed by atoms with van der Waals surface area (Å²) in [4.78, 5) is 12.5. The lowest BCUT2D eigenvalue weighted by atomic mass is 9.83. The Bertz CT molecular complexity index is 732. The van der Waals surface area contributed by atoms with Crippen LogP contribution in [0.4, 0.5) is 0 Å². The quantitative estimate of drug-likeness (QED) is 0.649. The third-order valence-corrected chi connectivity index (χ3v) is 3.80. The van der Waals surface area contributed by atoms with Gasteiger partial charge >= 0.3 is 5.97 Å². The van der Waals surface area contributed by atoms with Gasteiger partial charge in [-0.05, 0) is 24.6 Å². The van der Waals surface area contributed by atoms with Crippen LogP contribution >= 0.6 is 11.6 Å². The van der Waals surface area contributed by atoms with Gasteiger partial charge in [-0.1, -0.05) is 23.7 Å². The number of nitriles is 1. The molecule has 6 nitrogen and oxygen atoms in total. The van der Waals surface area contributed by atoms with Crippen molar-refractivity contribution in [2.45, 2.75) is 12.8 Å². The van der Waals surface area contributed by atoms with Crippen molar-refractivity contribution in [3.05, 3.63) is 57.6 Å². The van der Waals surface area contributed by atoms with Gasteiger partial charge in [-0.2, -0.15) is 5.26 Å². The van der Waals surface area contributed by atoms with E-state index in [1.54, 1.807) is 31.2 Å². The molecule has 0 unspecified atom stereocenters. The molecule has 7 heteroatoms. The van der Waals surface area contributed by atoms with Crippen molar-refractivity contribution >= 4 is 17.6 Å². The van der Waals surface area contributed by atoms with Crippen LogP contribution in [-0.4, -0.2) is 26.3 Å². The molecule has 0 amide bonds. The van der Waals surface area contributed by atoms with Crippen LogP contribution in [0.5, 0.6) is 0 Å². The van der Waals surface area contributed by atoms with Crippen LogP contribution in [0, 0.1) is 11.3 Å². The lowest BCUT2D eigenvalue weighted by molar-refractivity contribution is -0.140. The first kappa shape index (κ1) is 17.9. The van der Waals surface area contributed by atoms with Gasteiger partial charge in [0, 0.05) is 12.1 Å². The standard InChI is InChI=1S/C17H17ClN2O4/c1-10-14(17(21)23-8-7-22-2)15(13(9-19)16(20)24-10)11-3-5-12(18)6-4-11/h3-6,15H,7-8,20H2,1-2H3/t15-/m0/s1. The minimum absolute atomic E-state index is 0.0246. The molecule has 0 saturated heterocycles. The van der Waals surface area contributed by atoms with Gasteiger partial charge in [0.2, 0.25) is 5.88 Å². The van der Waals surface area contributed by atoms with Crippen LogP contribution in [0.25, 0.3) is 0 Å². The van der Waals surface area contributed by atoms with Crippen molar-refractivity contribution in [3.63, 3.8) is 0 Å². The third kappa shape index (κ3) is 3.70. The molecule has 1 aromatic rings. The Balaban J connectivity index is 2.45. The van der Waals surface area contributed by atoms with Crippen LogP contribution in [0.15, 0.2) is 47.1 Å². The first-order chi connectivity index (χ1) is 11.5. The van der Waals surface area contributed by atoms with Gasteiger partial charge in [-0.15, -0.1) is 0 Å². The number of carbonyl (C=O) groups is 1. The minimum Gasteiger partial charge on any atom is -0.460 e. The zero-order chi connectivity index (χ0) is 17.7. The number of methoxy groups -OCH3 is 1. The number of esters is 1. The average Bonchev–Trinajstić information content (AvgIpc) is 2.55. The summed E-state index contributed by atoms with van der Waals surface area (Å²) in [7, 11) is 1.51. The minimum atomic E-state index is -0.670. The maximum Gasteiger partial charge on any atom is 0.338 e. The Morgan fingerprint density at radius 1 is 1.38 bits per heavy atom. The lowest BCUT2D eigenvalue weighted by Gasteiger charge is -2.26. The topological polar surface area (TPSA) is 94.6 Å². The summed E-state index contributed by atoms with van der Waals surface area (Å²) in [6.07, 6.45) is 0. The molecule has 0 aliphatic carbocycles. The fourth-order valence-corrected chi connectivity index (χ4v) is 2.56. The van der Waals surface area contributed by atoms with Gasteiger partial charge in [0.05, 0.1) is 18.1 Å². The van der Waals surface area contributed by atoms with Gasteiger partial charge in [-0.3, -0.25) is 0 Å². The SMILES string of the molecule is COCCOC(=O)C1=C(C)OC(N)=C(C#N)[C@@H]1c1ccc(Cl)cc1. The van der Waals surface area contributed by atoms with Crippen molar-refractivity contribution in [2.24, 2.45) is 5.73 Å². The predicted molar refractivity (Wildman–Crippen MR) is 87.6 cm³/mol. The molecule has 1 aliphatic heterocycles. The van der Waals surface area contributed by atoms with E-state index < -0.39 is 11.9 Å². The van der Waals surface area contributed by atoms with E-state index in [2.05, 4.69) is 0 Å². The maximum absolute atomic E-state index is 12.5. The number of rotatable bonds is 5. The second-order valence-corrected chi connectivity index (χ2v) is 5.51. The normalized spacial score (nSPS) is 17.3. The van der Waals surface area contributed by atoms with E-state index in [1.807, 2.05) is 6.07 Å². The Hall–Kier alpha value is -2.49. The Morgan fingerprint density at radius 2 is 2.04 bits per heavy atom. The lowest BCUT2D eigenvalue weighted by Crippen LogP contribution is -2.26. The summed E-state index contributed by atoms with van der Waals surface area (Å²) in [6.45, 7) is 1.98. The van der Waals surface area contributed by atoms with Crippen LogP contribution in [0.3, 0.4) is 0 Å². The van der Waals surface area contributed by atoms with Crippen molar-refractivity contribution < 1.29 is 19.0 Å². The highest BCUT2D eigenvalue weighted by Crippen LogP contribution is 2.39. The fourth-order valence-electron chi connectivity index (χ4n) is 2.43. The molecule has 0 spiro atoms. The van der Waals surface area contributed by atoms with Crippen molar-refractivity contribution in [2.75, 3.05) is 20.3 Å². The maximum atomic E-state index is 12.5. The monoisotopic (exact) mass is 348 g/mol. The van der Waals surface area contributed by atoms with Gasteiger partial charge in [0.1, 0.15) is 24.0 Å². The largest absolute Gasteiger partial charge is 0.460 e. The summed E-state index contributed by atoms with van der Waals surface area (Å²) in [6, 6.07) is 8.85. The number of hydrogen-bond acceptors (Lipinski definition) is 6. The van der Waals surface area contributed by atoms with Gasteiger partial charge in [-0.25, -0.2) is 4.79 Å². The molecule has 0 radical (unpaired) electrons. The molecular weight excluding hydrogens is 332 g/mol. The predicted octanol–water partition coefficient (Wildman–Crippen LogP) is 2.61. The molecule has 126 valence electrons. The van der Waals surface area contributed by atoms with E-state index in [9.17, 15) is 10.1 Å². The molecule has 1 atom stereocenters. The summed E-state index contributed by atoms with van der Waals surface area (Å²) >= 11 is 5.92. The van der Waals surface area contributed by atoms with Gasteiger partial charge < -0.3 is 19.9 Å². The summed E-state index contributed by atoms with van der Waals surface area (Å²) in [5, 5.41) is 10.0.